The molecule has 1 fully saturated rings. The van der Waals surface area contributed by atoms with Crippen LogP contribution in [0.4, 0.5) is 9.18 Å². The quantitative estimate of drug-likeness (QED) is 0.769. The number of nitrogens with zero attached hydrogens (tertiary/aromatic N) is 1. The van der Waals surface area contributed by atoms with Gasteiger partial charge in [0.05, 0.1) is 16.6 Å². The molecular weight excluding hydrogens is 417 g/mol. The van der Waals surface area contributed by atoms with Crippen molar-refractivity contribution in [3.05, 3.63) is 69.9 Å². The topological polar surface area (TPSA) is 70.0 Å². The molecule has 3 atom stereocenters. The van der Waals surface area contributed by atoms with E-state index in [-0.39, 0.29) is 26.0 Å². The lowest BCUT2D eigenvalue weighted by atomic mass is 9.91. The number of aliphatic hydroxyl groups excluding tert-OH is 2. The van der Waals surface area contributed by atoms with Gasteiger partial charge in [-0.1, -0.05) is 42.5 Å². The minimum Gasteiger partial charge on any atom is -0.445 e. The van der Waals surface area contributed by atoms with E-state index in [2.05, 4.69) is 15.9 Å². The molecule has 1 aliphatic rings. The lowest BCUT2D eigenvalue weighted by Crippen LogP contribution is -2.57. The number of hydrogen-bond donors (Lipinski definition) is 2. The van der Waals surface area contributed by atoms with E-state index in [0.29, 0.717) is 10.0 Å². The lowest BCUT2D eigenvalue weighted by molar-refractivity contribution is -0.0716. The van der Waals surface area contributed by atoms with Crippen LogP contribution < -0.4 is 0 Å². The molecule has 3 rings (SSSR count). The predicted octanol–water partition coefficient (Wildman–Crippen LogP) is 3.26. The molecule has 0 saturated carbocycles. The largest absolute Gasteiger partial charge is 0.445 e. The Morgan fingerprint density at radius 1 is 1.19 bits per heavy atom. The number of carbonyl (C=O) groups excluding carboxylic acids is 1. The molecule has 0 aromatic heterocycles. The van der Waals surface area contributed by atoms with Crippen LogP contribution in [-0.2, 0) is 17.8 Å². The van der Waals surface area contributed by atoms with Crippen LogP contribution in [0.1, 0.15) is 17.5 Å². The molecule has 5 nitrogen and oxygen atoms in total. The van der Waals surface area contributed by atoms with Crippen LogP contribution in [0.25, 0.3) is 0 Å². The van der Waals surface area contributed by atoms with Crippen molar-refractivity contribution in [2.75, 3.05) is 6.54 Å². The highest BCUT2D eigenvalue weighted by Crippen LogP contribution is 2.26. The normalized spacial score (nSPS) is 22.5. The summed E-state index contributed by atoms with van der Waals surface area (Å²) in [4.78, 5) is 14.0. The average molecular weight is 438 g/mol. The van der Waals surface area contributed by atoms with Gasteiger partial charge >= 0.3 is 6.09 Å². The summed E-state index contributed by atoms with van der Waals surface area (Å²) >= 11 is 3.14. The molecule has 0 aliphatic carbocycles. The molecule has 0 bridgehead atoms. The van der Waals surface area contributed by atoms with Crippen molar-refractivity contribution in [1.82, 2.24) is 4.90 Å². The number of hydrogen-bond acceptors (Lipinski definition) is 4. The van der Waals surface area contributed by atoms with Crippen LogP contribution in [0.15, 0.2) is 53.0 Å². The molecular formula is C20H21BrFNO4. The maximum atomic E-state index is 14.4. The third-order valence-electron chi connectivity index (χ3n) is 4.75. The molecule has 0 radical (unpaired) electrons. The first-order chi connectivity index (χ1) is 13.0. The zero-order valence-corrected chi connectivity index (χ0v) is 16.2. The fourth-order valence-corrected chi connectivity index (χ4v) is 3.65. The fraction of sp³-hybridized carbons (Fsp3) is 0.350. The molecule has 7 heteroatoms. The number of aliphatic hydroxyl groups is 2. The van der Waals surface area contributed by atoms with Gasteiger partial charge in [-0.3, -0.25) is 0 Å². The number of piperidine rings is 1. The van der Waals surface area contributed by atoms with Crippen LogP contribution in [0.2, 0.25) is 0 Å². The third kappa shape index (κ3) is 4.66. The summed E-state index contributed by atoms with van der Waals surface area (Å²) in [5.74, 6) is -0.442. The van der Waals surface area contributed by atoms with Gasteiger partial charge in [0.15, 0.2) is 0 Å². The fourth-order valence-electron chi connectivity index (χ4n) is 3.24. The second kappa shape index (κ2) is 8.82. The number of carbonyl (C=O) groups is 1. The predicted molar refractivity (Wildman–Crippen MR) is 102 cm³/mol. The number of ether oxygens (including phenoxy) is 1. The Morgan fingerprint density at radius 2 is 1.93 bits per heavy atom. The van der Waals surface area contributed by atoms with E-state index in [9.17, 15) is 19.4 Å². The number of halogens is 2. The van der Waals surface area contributed by atoms with Gasteiger partial charge in [0.1, 0.15) is 18.5 Å². The van der Waals surface area contributed by atoms with Crippen molar-refractivity contribution in [3.63, 3.8) is 0 Å². The first kappa shape index (κ1) is 19.8. The van der Waals surface area contributed by atoms with E-state index in [4.69, 9.17) is 4.74 Å². The molecule has 1 saturated heterocycles. The van der Waals surface area contributed by atoms with Gasteiger partial charge in [0.25, 0.3) is 0 Å². The van der Waals surface area contributed by atoms with Crippen LogP contribution in [0, 0.1) is 5.82 Å². The van der Waals surface area contributed by atoms with Crippen molar-refractivity contribution in [3.8, 4) is 0 Å². The van der Waals surface area contributed by atoms with Crippen LogP contribution in [0.5, 0.6) is 0 Å². The van der Waals surface area contributed by atoms with Crippen molar-refractivity contribution in [1.29, 1.82) is 0 Å². The summed E-state index contributed by atoms with van der Waals surface area (Å²) in [5.41, 5.74) is 1.20. The highest BCUT2D eigenvalue weighted by Gasteiger charge is 2.39. The zero-order valence-electron chi connectivity index (χ0n) is 14.6. The van der Waals surface area contributed by atoms with Crippen molar-refractivity contribution in [2.24, 2.45) is 0 Å². The number of amides is 1. The molecule has 1 heterocycles. The highest BCUT2D eigenvalue weighted by atomic mass is 79.9. The first-order valence-corrected chi connectivity index (χ1v) is 9.53. The smallest absolute Gasteiger partial charge is 0.410 e. The minimum atomic E-state index is -1.18. The van der Waals surface area contributed by atoms with Crippen molar-refractivity contribution >= 4 is 22.0 Å². The minimum absolute atomic E-state index is 0.0734. The summed E-state index contributed by atoms with van der Waals surface area (Å²) in [6, 6.07) is 13.3. The van der Waals surface area contributed by atoms with Gasteiger partial charge in [-0.25, -0.2) is 9.18 Å². The van der Waals surface area contributed by atoms with Gasteiger partial charge < -0.3 is 19.8 Å². The Bertz CT molecular complexity index is 789. The van der Waals surface area contributed by atoms with Crippen LogP contribution >= 0.6 is 15.9 Å². The maximum absolute atomic E-state index is 14.4. The van der Waals surface area contributed by atoms with E-state index in [1.807, 2.05) is 30.3 Å². The Balaban J connectivity index is 1.75. The third-order valence-corrected chi connectivity index (χ3v) is 5.37. The maximum Gasteiger partial charge on any atom is 0.410 e. The van der Waals surface area contributed by atoms with Gasteiger partial charge in [0, 0.05) is 6.54 Å². The number of likely N-dealkylation sites (tertiary alicyclic amines) is 1. The van der Waals surface area contributed by atoms with E-state index >= 15 is 0 Å². The highest BCUT2D eigenvalue weighted by molar-refractivity contribution is 9.10. The van der Waals surface area contributed by atoms with E-state index in [0.717, 1.165) is 5.56 Å². The molecule has 0 unspecified atom stereocenters. The lowest BCUT2D eigenvalue weighted by Gasteiger charge is -2.40. The first-order valence-electron chi connectivity index (χ1n) is 8.73. The molecule has 1 aliphatic heterocycles. The van der Waals surface area contributed by atoms with Gasteiger partial charge in [0.2, 0.25) is 0 Å². The zero-order chi connectivity index (χ0) is 19.4. The molecule has 0 spiro atoms. The summed E-state index contributed by atoms with van der Waals surface area (Å²) in [6.07, 6.45) is -2.43. The molecule has 2 N–H and O–H groups in total. The van der Waals surface area contributed by atoms with Gasteiger partial charge in [-0.2, -0.15) is 0 Å². The molecule has 1 amide bonds. The Morgan fingerprint density at radius 3 is 2.67 bits per heavy atom. The van der Waals surface area contributed by atoms with Crippen molar-refractivity contribution < 1.29 is 24.1 Å². The van der Waals surface area contributed by atoms with Gasteiger partial charge in [-0.05, 0) is 46.0 Å². The van der Waals surface area contributed by atoms with Gasteiger partial charge in [-0.15, -0.1) is 0 Å². The standard InChI is InChI=1S/C20H21BrFNO4/c21-15-8-4-7-14(18(15)22)11-16-19(25)17(24)9-10-23(16)20(26)27-12-13-5-2-1-3-6-13/h1-8,16-17,19,24-25H,9-12H2/t16-,17+,19-/m1/s1. The summed E-state index contributed by atoms with van der Waals surface area (Å²) in [7, 11) is 0. The van der Waals surface area contributed by atoms with E-state index in [1.54, 1.807) is 18.2 Å². The monoisotopic (exact) mass is 437 g/mol. The molecule has 144 valence electrons. The van der Waals surface area contributed by atoms with E-state index < -0.39 is 30.2 Å². The molecule has 2 aromatic carbocycles. The second-order valence-corrected chi connectivity index (χ2v) is 7.42. The number of benzene rings is 2. The Kier molecular flexibility index (Phi) is 6.46. The number of rotatable bonds is 4. The summed E-state index contributed by atoms with van der Waals surface area (Å²) in [5, 5.41) is 20.5. The summed E-state index contributed by atoms with van der Waals surface area (Å²) in [6.45, 7) is 0.332. The molecule has 2 aromatic rings. The second-order valence-electron chi connectivity index (χ2n) is 6.56. The van der Waals surface area contributed by atoms with E-state index in [1.165, 1.54) is 4.90 Å². The average Bonchev–Trinajstić information content (AvgIpc) is 2.68. The van der Waals surface area contributed by atoms with Crippen LogP contribution in [-0.4, -0.2) is 46.0 Å². The summed E-state index contributed by atoms with van der Waals surface area (Å²) < 4.78 is 20.0. The molecule has 27 heavy (non-hydrogen) atoms. The SMILES string of the molecule is O=C(OCc1ccccc1)N1CC[C@H](O)[C@H](O)[C@H]1Cc1cccc(Br)c1F. The Labute approximate surface area is 165 Å². The van der Waals surface area contributed by atoms with Crippen LogP contribution in [0.3, 0.4) is 0 Å². The Hall–Kier alpha value is -1.96. The van der Waals surface area contributed by atoms with Crippen molar-refractivity contribution in [2.45, 2.75) is 37.7 Å².